The van der Waals surface area contributed by atoms with Crippen molar-refractivity contribution < 1.29 is 14.1 Å². The maximum Gasteiger partial charge on any atom is 0.360 e. The topological polar surface area (TPSA) is 52.3 Å². The Labute approximate surface area is 83.2 Å². The molecule has 0 aliphatic heterocycles. The lowest BCUT2D eigenvalue weighted by molar-refractivity contribution is 0.0588. The summed E-state index contributed by atoms with van der Waals surface area (Å²) < 4.78 is 9.65. The number of hydrogen-bond donors (Lipinski definition) is 0. The van der Waals surface area contributed by atoms with Gasteiger partial charge in [-0.3, -0.25) is 0 Å². The van der Waals surface area contributed by atoms with Crippen LogP contribution in [0.5, 0.6) is 0 Å². The second-order valence-electron chi connectivity index (χ2n) is 3.67. The maximum atomic E-state index is 11.2. The zero-order valence-corrected chi connectivity index (χ0v) is 8.96. The Bertz CT molecular complexity index is 328. The first-order chi connectivity index (χ1) is 6.56. The summed E-state index contributed by atoms with van der Waals surface area (Å²) in [5, 5.41) is 3.69. The van der Waals surface area contributed by atoms with Crippen molar-refractivity contribution >= 4 is 5.97 Å². The number of rotatable bonds is 3. The number of carbonyl (C=O) groups excluding carboxylic acids is 1. The predicted octanol–water partition coefficient (Wildman–Crippen LogP) is 1.97. The van der Waals surface area contributed by atoms with Gasteiger partial charge in [0.15, 0.2) is 5.69 Å². The van der Waals surface area contributed by atoms with Crippen LogP contribution in [0.25, 0.3) is 0 Å². The van der Waals surface area contributed by atoms with Crippen LogP contribution in [-0.2, 0) is 11.2 Å². The van der Waals surface area contributed by atoms with Crippen LogP contribution in [-0.4, -0.2) is 18.2 Å². The lowest BCUT2D eigenvalue weighted by Gasteiger charge is -2.00. The number of esters is 1. The van der Waals surface area contributed by atoms with Crippen LogP contribution in [0.3, 0.4) is 0 Å². The van der Waals surface area contributed by atoms with Crippen molar-refractivity contribution in [3.63, 3.8) is 0 Å². The largest absolute Gasteiger partial charge is 0.464 e. The van der Waals surface area contributed by atoms with E-state index in [4.69, 9.17) is 4.52 Å². The van der Waals surface area contributed by atoms with Crippen LogP contribution >= 0.6 is 0 Å². The monoisotopic (exact) mass is 197 g/mol. The number of carbonyl (C=O) groups is 1. The summed E-state index contributed by atoms with van der Waals surface area (Å²) >= 11 is 0. The molecule has 1 heterocycles. The molecule has 4 heteroatoms. The molecular weight excluding hydrogens is 182 g/mol. The molecule has 78 valence electrons. The average molecular weight is 197 g/mol. The zero-order chi connectivity index (χ0) is 10.7. The van der Waals surface area contributed by atoms with E-state index in [1.54, 1.807) is 0 Å². The van der Waals surface area contributed by atoms with Gasteiger partial charge in [-0.15, -0.1) is 0 Å². The van der Waals surface area contributed by atoms with Gasteiger partial charge in [0, 0.05) is 12.0 Å². The minimum atomic E-state index is -0.443. The molecule has 0 bridgehead atoms. The van der Waals surface area contributed by atoms with E-state index >= 15 is 0 Å². The molecule has 0 amide bonds. The Kier molecular flexibility index (Phi) is 3.28. The van der Waals surface area contributed by atoms with Crippen molar-refractivity contribution in [2.75, 3.05) is 7.11 Å². The number of hydrogen-bond acceptors (Lipinski definition) is 4. The first-order valence-corrected chi connectivity index (χ1v) is 4.59. The highest BCUT2D eigenvalue weighted by Gasteiger charge is 2.19. The van der Waals surface area contributed by atoms with Crippen LogP contribution < -0.4 is 0 Å². The highest BCUT2D eigenvalue weighted by atomic mass is 16.5. The van der Waals surface area contributed by atoms with Gasteiger partial charge >= 0.3 is 5.97 Å². The number of ether oxygens (including phenoxy) is 1. The van der Waals surface area contributed by atoms with Crippen LogP contribution in [0.1, 0.15) is 35.7 Å². The van der Waals surface area contributed by atoms with E-state index in [0.717, 1.165) is 17.7 Å². The smallest absolute Gasteiger partial charge is 0.360 e. The number of aromatic nitrogens is 1. The van der Waals surface area contributed by atoms with Gasteiger partial charge in [0.2, 0.25) is 0 Å². The van der Waals surface area contributed by atoms with Crippen LogP contribution in [0.15, 0.2) is 4.52 Å². The van der Waals surface area contributed by atoms with Gasteiger partial charge in [-0.2, -0.15) is 0 Å². The van der Waals surface area contributed by atoms with Crippen LogP contribution in [0.4, 0.5) is 0 Å². The molecular formula is C10H15NO3. The molecule has 4 nitrogen and oxygen atoms in total. The third kappa shape index (κ3) is 2.13. The fourth-order valence-electron chi connectivity index (χ4n) is 1.22. The van der Waals surface area contributed by atoms with Crippen LogP contribution in [0.2, 0.25) is 0 Å². The minimum Gasteiger partial charge on any atom is -0.464 e. The van der Waals surface area contributed by atoms with Gasteiger partial charge < -0.3 is 9.26 Å². The lowest BCUT2D eigenvalue weighted by atomic mass is 10.1. The molecule has 0 N–H and O–H groups in total. The third-order valence-corrected chi connectivity index (χ3v) is 1.99. The van der Waals surface area contributed by atoms with E-state index in [1.165, 1.54) is 7.11 Å². The summed E-state index contributed by atoms with van der Waals surface area (Å²) in [6.07, 6.45) is 0.788. The Hall–Kier alpha value is -1.32. The lowest BCUT2D eigenvalue weighted by Crippen LogP contribution is -2.04. The van der Waals surface area contributed by atoms with Crippen molar-refractivity contribution in [1.29, 1.82) is 0 Å². The quantitative estimate of drug-likeness (QED) is 0.695. The molecule has 1 aromatic rings. The van der Waals surface area contributed by atoms with Gasteiger partial charge in [-0.25, -0.2) is 4.79 Å². The van der Waals surface area contributed by atoms with Gasteiger partial charge in [0.25, 0.3) is 0 Å². The molecule has 0 aliphatic carbocycles. The van der Waals surface area contributed by atoms with E-state index in [9.17, 15) is 4.79 Å². The normalized spacial score (nSPS) is 10.6. The van der Waals surface area contributed by atoms with Crippen molar-refractivity contribution in [1.82, 2.24) is 5.16 Å². The second-order valence-corrected chi connectivity index (χ2v) is 3.67. The van der Waals surface area contributed by atoms with E-state index in [1.807, 2.05) is 6.92 Å². The van der Waals surface area contributed by atoms with Crippen molar-refractivity contribution in [2.45, 2.75) is 27.2 Å². The van der Waals surface area contributed by atoms with E-state index in [-0.39, 0.29) is 5.69 Å². The molecule has 0 radical (unpaired) electrons. The fourth-order valence-corrected chi connectivity index (χ4v) is 1.22. The Balaban J connectivity index is 2.90. The minimum absolute atomic E-state index is 0.281. The Morgan fingerprint density at radius 1 is 1.57 bits per heavy atom. The summed E-state index contributed by atoms with van der Waals surface area (Å²) in [4.78, 5) is 11.2. The Morgan fingerprint density at radius 2 is 2.21 bits per heavy atom. The molecule has 14 heavy (non-hydrogen) atoms. The summed E-state index contributed by atoms with van der Waals surface area (Å²) in [6.45, 7) is 5.99. The highest BCUT2D eigenvalue weighted by Crippen LogP contribution is 2.17. The van der Waals surface area contributed by atoms with Gasteiger partial charge in [0.05, 0.1) is 7.11 Å². The molecule has 0 aliphatic rings. The second kappa shape index (κ2) is 4.26. The first-order valence-electron chi connectivity index (χ1n) is 4.59. The average Bonchev–Trinajstić information content (AvgIpc) is 2.46. The maximum absolute atomic E-state index is 11.2. The molecule has 0 unspecified atom stereocenters. The van der Waals surface area contributed by atoms with Gasteiger partial charge in [-0.05, 0) is 12.8 Å². The number of methoxy groups -OCH3 is 1. The molecule has 1 aromatic heterocycles. The van der Waals surface area contributed by atoms with Gasteiger partial charge in [0.1, 0.15) is 5.76 Å². The summed E-state index contributed by atoms with van der Waals surface area (Å²) in [6, 6.07) is 0. The van der Waals surface area contributed by atoms with Crippen molar-refractivity contribution in [3.05, 3.63) is 17.0 Å². The summed E-state index contributed by atoms with van der Waals surface area (Å²) in [5.41, 5.74) is 1.06. The SMILES string of the molecule is COC(=O)c1noc(CC(C)C)c1C. The first kappa shape index (κ1) is 10.8. The third-order valence-electron chi connectivity index (χ3n) is 1.99. The van der Waals surface area contributed by atoms with Crippen molar-refractivity contribution in [3.8, 4) is 0 Å². The van der Waals surface area contributed by atoms with Crippen molar-refractivity contribution in [2.24, 2.45) is 5.92 Å². The highest BCUT2D eigenvalue weighted by molar-refractivity contribution is 5.88. The number of nitrogens with zero attached hydrogens (tertiary/aromatic N) is 1. The summed E-state index contributed by atoms with van der Waals surface area (Å²) in [7, 11) is 1.33. The molecule has 0 saturated heterocycles. The molecule has 0 spiro atoms. The van der Waals surface area contributed by atoms with E-state index < -0.39 is 5.97 Å². The molecule has 0 aromatic carbocycles. The molecule has 0 atom stereocenters. The summed E-state index contributed by atoms with van der Waals surface area (Å²) in [5.74, 6) is 0.800. The predicted molar refractivity (Wildman–Crippen MR) is 51.1 cm³/mol. The Morgan fingerprint density at radius 3 is 2.71 bits per heavy atom. The van der Waals surface area contributed by atoms with E-state index in [0.29, 0.717) is 5.92 Å². The fraction of sp³-hybridized carbons (Fsp3) is 0.600. The van der Waals surface area contributed by atoms with Gasteiger partial charge in [-0.1, -0.05) is 19.0 Å². The standard InChI is InChI=1S/C10H15NO3/c1-6(2)5-8-7(3)9(11-14-8)10(12)13-4/h6H,5H2,1-4H3. The molecule has 0 fully saturated rings. The van der Waals surface area contributed by atoms with Crippen LogP contribution in [0, 0.1) is 12.8 Å². The molecule has 1 rings (SSSR count). The molecule has 0 saturated carbocycles. The van der Waals surface area contributed by atoms with E-state index in [2.05, 4.69) is 23.7 Å². The zero-order valence-electron chi connectivity index (χ0n) is 8.96.